The van der Waals surface area contributed by atoms with Crippen LogP contribution in [0.15, 0.2) is 91.0 Å². The second-order valence-corrected chi connectivity index (χ2v) is 5.63. The van der Waals surface area contributed by atoms with Gasteiger partial charge in [0, 0.05) is 11.1 Å². The quantitative estimate of drug-likeness (QED) is 0.686. The first-order valence-electron chi connectivity index (χ1n) is 7.97. The lowest BCUT2D eigenvalue weighted by atomic mass is 9.92. The number of benzene rings is 3. The first kappa shape index (κ1) is 16.7. The Morgan fingerprint density at radius 2 is 1.40 bits per heavy atom. The highest BCUT2D eigenvalue weighted by Gasteiger charge is 2.23. The maximum atomic E-state index is 13.2. The molecular formula is C23H17FO. The number of aliphatic hydroxyl groups is 1. The fourth-order valence-corrected chi connectivity index (χ4v) is 2.38. The molecule has 1 nitrogen and oxygen atoms in total. The molecule has 0 aliphatic rings. The van der Waals surface area contributed by atoms with Gasteiger partial charge in [-0.05, 0) is 35.9 Å². The second kappa shape index (κ2) is 7.61. The molecule has 0 fully saturated rings. The van der Waals surface area contributed by atoms with E-state index >= 15 is 0 Å². The Labute approximate surface area is 147 Å². The highest BCUT2D eigenvalue weighted by molar-refractivity contribution is 5.54. The third-order valence-corrected chi connectivity index (χ3v) is 3.77. The van der Waals surface area contributed by atoms with Crippen LogP contribution < -0.4 is 0 Å². The Morgan fingerprint density at radius 3 is 2.04 bits per heavy atom. The zero-order valence-electron chi connectivity index (χ0n) is 13.6. The summed E-state index contributed by atoms with van der Waals surface area (Å²) in [4.78, 5) is 0. The minimum absolute atomic E-state index is 0.353. The second-order valence-electron chi connectivity index (χ2n) is 5.63. The molecule has 0 aliphatic carbocycles. The summed E-state index contributed by atoms with van der Waals surface area (Å²) in [6, 6.07) is 24.8. The third kappa shape index (κ3) is 4.44. The van der Waals surface area contributed by atoms with Gasteiger partial charge in [0.25, 0.3) is 0 Å². The highest BCUT2D eigenvalue weighted by atomic mass is 19.1. The Hall–Kier alpha value is -3.15. The van der Waals surface area contributed by atoms with Crippen molar-refractivity contribution < 1.29 is 9.50 Å². The zero-order valence-corrected chi connectivity index (χ0v) is 13.6. The minimum atomic E-state index is -1.51. The van der Waals surface area contributed by atoms with Gasteiger partial charge in [-0.3, -0.25) is 0 Å². The standard InChI is InChI=1S/C23H17FO/c24-22-13-11-21(12-14-22)23(25,17-15-19-7-3-1-4-8-19)18-16-20-9-5-2-6-10-20/h1-15,17,25H/b17-15+. The fourth-order valence-electron chi connectivity index (χ4n) is 2.38. The van der Waals surface area contributed by atoms with Crippen molar-refractivity contribution in [3.63, 3.8) is 0 Å². The Morgan fingerprint density at radius 1 is 0.800 bits per heavy atom. The van der Waals surface area contributed by atoms with Crippen LogP contribution in [0.1, 0.15) is 16.7 Å². The summed E-state index contributed by atoms with van der Waals surface area (Å²) in [5, 5.41) is 11.1. The van der Waals surface area contributed by atoms with Crippen LogP contribution in [-0.4, -0.2) is 5.11 Å². The van der Waals surface area contributed by atoms with E-state index in [1.54, 1.807) is 18.2 Å². The summed E-state index contributed by atoms with van der Waals surface area (Å²) >= 11 is 0. The predicted molar refractivity (Wildman–Crippen MR) is 99.1 cm³/mol. The van der Waals surface area contributed by atoms with Crippen LogP contribution in [0.2, 0.25) is 0 Å². The van der Waals surface area contributed by atoms with Crippen molar-refractivity contribution in [2.75, 3.05) is 0 Å². The van der Waals surface area contributed by atoms with Gasteiger partial charge in [0.1, 0.15) is 5.82 Å². The van der Waals surface area contributed by atoms with Crippen molar-refractivity contribution in [2.24, 2.45) is 0 Å². The molecule has 25 heavy (non-hydrogen) atoms. The molecule has 122 valence electrons. The molecule has 0 aliphatic heterocycles. The van der Waals surface area contributed by atoms with E-state index in [1.165, 1.54) is 12.1 Å². The van der Waals surface area contributed by atoms with E-state index in [4.69, 9.17) is 0 Å². The average molecular weight is 328 g/mol. The molecular weight excluding hydrogens is 311 g/mol. The maximum absolute atomic E-state index is 13.2. The number of halogens is 1. The predicted octanol–water partition coefficient (Wildman–Crippen LogP) is 4.78. The molecule has 0 bridgehead atoms. The average Bonchev–Trinajstić information content (AvgIpc) is 2.67. The lowest BCUT2D eigenvalue weighted by Crippen LogP contribution is -2.20. The number of hydrogen-bond acceptors (Lipinski definition) is 1. The molecule has 1 unspecified atom stereocenters. The monoisotopic (exact) mass is 328 g/mol. The summed E-state index contributed by atoms with van der Waals surface area (Å²) in [7, 11) is 0. The molecule has 1 N–H and O–H groups in total. The van der Waals surface area contributed by atoms with Gasteiger partial charge in [-0.15, -0.1) is 0 Å². The number of hydrogen-bond donors (Lipinski definition) is 1. The Balaban J connectivity index is 2.00. The summed E-state index contributed by atoms with van der Waals surface area (Å²) < 4.78 is 13.2. The summed E-state index contributed by atoms with van der Waals surface area (Å²) in [6.45, 7) is 0. The molecule has 1 atom stereocenters. The molecule has 3 aromatic rings. The van der Waals surface area contributed by atoms with Gasteiger partial charge in [0.15, 0.2) is 5.60 Å². The zero-order chi connectivity index (χ0) is 17.5. The van der Waals surface area contributed by atoms with Crippen LogP contribution in [0.3, 0.4) is 0 Å². The van der Waals surface area contributed by atoms with Crippen LogP contribution in [-0.2, 0) is 5.60 Å². The van der Waals surface area contributed by atoms with Crippen molar-refractivity contribution in [2.45, 2.75) is 5.60 Å². The molecule has 0 radical (unpaired) electrons. The lowest BCUT2D eigenvalue weighted by molar-refractivity contribution is 0.155. The van der Waals surface area contributed by atoms with E-state index in [2.05, 4.69) is 11.8 Å². The van der Waals surface area contributed by atoms with Gasteiger partial charge in [0.05, 0.1) is 0 Å². The highest BCUT2D eigenvalue weighted by Crippen LogP contribution is 2.24. The van der Waals surface area contributed by atoms with E-state index in [0.29, 0.717) is 5.56 Å². The summed E-state index contributed by atoms with van der Waals surface area (Å²) in [6.07, 6.45) is 3.44. The van der Waals surface area contributed by atoms with Crippen molar-refractivity contribution >= 4 is 6.08 Å². The lowest BCUT2D eigenvalue weighted by Gasteiger charge is -2.18. The molecule has 0 spiro atoms. The molecule has 0 saturated heterocycles. The maximum Gasteiger partial charge on any atom is 0.170 e. The first-order valence-corrected chi connectivity index (χ1v) is 7.97. The molecule has 0 saturated carbocycles. The molecule has 3 aromatic carbocycles. The Kier molecular flexibility index (Phi) is 5.09. The van der Waals surface area contributed by atoms with E-state index in [9.17, 15) is 9.50 Å². The largest absolute Gasteiger partial charge is 0.370 e. The van der Waals surface area contributed by atoms with Crippen LogP contribution in [0.4, 0.5) is 4.39 Å². The molecule has 0 aromatic heterocycles. The van der Waals surface area contributed by atoms with Crippen molar-refractivity contribution in [1.82, 2.24) is 0 Å². The summed E-state index contributed by atoms with van der Waals surface area (Å²) in [5.41, 5.74) is 0.754. The SMILES string of the molecule is OC(C#Cc1ccccc1)(/C=C/c1ccccc1)c1ccc(F)cc1. The van der Waals surface area contributed by atoms with Gasteiger partial charge < -0.3 is 5.11 Å². The fraction of sp³-hybridized carbons (Fsp3) is 0.0435. The molecule has 0 heterocycles. The smallest absolute Gasteiger partial charge is 0.170 e. The number of rotatable bonds is 3. The Bertz CT molecular complexity index is 903. The van der Waals surface area contributed by atoms with Crippen molar-refractivity contribution in [1.29, 1.82) is 0 Å². The van der Waals surface area contributed by atoms with E-state index in [0.717, 1.165) is 11.1 Å². The van der Waals surface area contributed by atoms with E-state index < -0.39 is 5.60 Å². The third-order valence-electron chi connectivity index (χ3n) is 3.77. The van der Waals surface area contributed by atoms with Gasteiger partial charge >= 0.3 is 0 Å². The van der Waals surface area contributed by atoms with Crippen LogP contribution >= 0.6 is 0 Å². The minimum Gasteiger partial charge on any atom is -0.370 e. The molecule has 3 rings (SSSR count). The van der Waals surface area contributed by atoms with E-state index in [1.807, 2.05) is 66.7 Å². The van der Waals surface area contributed by atoms with Gasteiger partial charge in [-0.25, -0.2) is 4.39 Å². The normalized spacial score (nSPS) is 13.0. The van der Waals surface area contributed by atoms with Gasteiger partial charge in [-0.2, -0.15) is 0 Å². The van der Waals surface area contributed by atoms with Gasteiger partial charge in [0.2, 0.25) is 0 Å². The molecule has 0 amide bonds. The molecule has 2 heteroatoms. The van der Waals surface area contributed by atoms with Crippen LogP contribution in [0, 0.1) is 17.7 Å². The van der Waals surface area contributed by atoms with Gasteiger partial charge in [-0.1, -0.05) is 78.6 Å². The first-order chi connectivity index (χ1) is 12.2. The topological polar surface area (TPSA) is 20.2 Å². The van der Waals surface area contributed by atoms with Crippen molar-refractivity contribution in [3.8, 4) is 11.8 Å². The van der Waals surface area contributed by atoms with Crippen molar-refractivity contribution in [3.05, 3.63) is 114 Å². The van der Waals surface area contributed by atoms with Crippen LogP contribution in [0.5, 0.6) is 0 Å². The van der Waals surface area contributed by atoms with E-state index in [-0.39, 0.29) is 5.82 Å². The summed E-state index contributed by atoms with van der Waals surface area (Å²) in [5.74, 6) is 5.55. The van der Waals surface area contributed by atoms with Crippen LogP contribution in [0.25, 0.3) is 6.08 Å².